The second kappa shape index (κ2) is 6.88. The van der Waals surface area contributed by atoms with E-state index in [0.29, 0.717) is 0 Å². The topological polar surface area (TPSA) is 32.3 Å². The van der Waals surface area contributed by atoms with Crippen LogP contribution in [0, 0.1) is 11.2 Å². The predicted octanol–water partition coefficient (Wildman–Crippen LogP) is 4.07. The maximum atomic E-state index is 13.2. The SMILES string of the molecule is CC(NCC1(CO)CCCCC1)c1ccc(F)c(Cl)c1. The normalized spacial score (nSPS) is 19.8. The molecular formula is C16H23ClFNO. The van der Waals surface area contributed by atoms with Crippen molar-refractivity contribution >= 4 is 11.6 Å². The summed E-state index contributed by atoms with van der Waals surface area (Å²) in [6.07, 6.45) is 5.81. The molecule has 2 N–H and O–H groups in total. The van der Waals surface area contributed by atoms with Crippen molar-refractivity contribution in [3.63, 3.8) is 0 Å². The van der Waals surface area contributed by atoms with Crippen molar-refractivity contribution in [3.05, 3.63) is 34.6 Å². The highest BCUT2D eigenvalue weighted by Crippen LogP contribution is 2.35. The van der Waals surface area contributed by atoms with Gasteiger partial charge in [0, 0.05) is 24.6 Å². The van der Waals surface area contributed by atoms with Crippen molar-refractivity contribution in [1.82, 2.24) is 5.32 Å². The molecule has 20 heavy (non-hydrogen) atoms. The van der Waals surface area contributed by atoms with Crippen LogP contribution in [-0.4, -0.2) is 18.3 Å². The van der Waals surface area contributed by atoms with Gasteiger partial charge in [-0.3, -0.25) is 0 Å². The zero-order valence-corrected chi connectivity index (χ0v) is 12.7. The van der Waals surface area contributed by atoms with Crippen LogP contribution in [0.25, 0.3) is 0 Å². The zero-order valence-electron chi connectivity index (χ0n) is 12.0. The van der Waals surface area contributed by atoms with Crippen molar-refractivity contribution in [2.75, 3.05) is 13.2 Å². The summed E-state index contributed by atoms with van der Waals surface area (Å²) in [6.45, 7) is 3.06. The monoisotopic (exact) mass is 299 g/mol. The van der Waals surface area contributed by atoms with Crippen LogP contribution in [0.1, 0.15) is 50.6 Å². The lowest BCUT2D eigenvalue weighted by Crippen LogP contribution is -2.40. The van der Waals surface area contributed by atoms with E-state index in [1.165, 1.54) is 25.3 Å². The average molecular weight is 300 g/mol. The number of halogens is 2. The molecule has 1 aromatic carbocycles. The highest BCUT2D eigenvalue weighted by atomic mass is 35.5. The first kappa shape index (κ1) is 15.7. The minimum absolute atomic E-state index is 0.0103. The van der Waals surface area contributed by atoms with Gasteiger partial charge < -0.3 is 10.4 Å². The fraction of sp³-hybridized carbons (Fsp3) is 0.625. The van der Waals surface area contributed by atoms with E-state index in [0.717, 1.165) is 24.9 Å². The Labute approximate surface area is 125 Å². The van der Waals surface area contributed by atoms with E-state index in [2.05, 4.69) is 5.32 Å². The highest BCUT2D eigenvalue weighted by Gasteiger charge is 2.31. The summed E-state index contributed by atoms with van der Waals surface area (Å²) in [5, 5.41) is 13.3. The second-order valence-electron chi connectivity index (χ2n) is 5.99. The van der Waals surface area contributed by atoms with E-state index in [-0.39, 0.29) is 28.9 Å². The van der Waals surface area contributed by atoms with Crippen LogP contribution in [0.4, 0.5) is 4.39 Å². The molecule has 0 radical (unpaired) electrons. The molecule has 0 heterocycles. The Morgan fingerprint density at radius 2 is 2.05 bits per heavy atom. The number of nitrogens with one attached hydrogen (secondary N) is 1. The van der Waals surface area contributed by atoms with Gasteiger partial charge in [-0.15, -0.1) is 0 Å². The quantitative estimate of drug-likeness (QED) is 0.859. The van der Waals surface area contributed by atoms with Crippen molar-refractivity contribution < 1.29 is 9.50 Å². The first-order valence-electron chi connectivity index (χ1n) is 7.35. The van der Waals surface area contributed by atoms with E-state index >= 15 is 0 Å². The van der Waals surface area contributed by atoms with Gasteiger partial charge in [0.25, 0.3) is 0 Å². The largest absolute Gasteiger partial charge is 0.396 e. The fourth-order valence-corrected chi connectivity index (χ4v) is 3.15. The zero-order chi connectivity index (χ0) is 14.6. The number of aliphatic hydroxyl groups is 1. The lowest BCUT2D eigenvalue weighted by molar-refractivity contribution is 0.0789. The van der Waals surface area contributed by atoms with Crippen LogP contribution in [0.15, 0.2) is 18.2 Å². The molecule has 1 saturated carbocycles. The lowest BCUT2D eigenvalue weighted by atomic mass is 9.74. The molecule has 1 aromatic rings. The van der Waals surface area contributed by atoms with Crippen molar-refractivity contribution in [2.45, 2.75) is 45.1 Å². The van der Waals surface area contributed by atoms with Crippen molar-refractivity contribution in [1.29, 1.82) is 0 Å². The fourth-order valence-electron chi connectivity index (χ4n) is 2.96. The molecule has 112 valence electrons. The summed E-state index contributed by atoms with van der Waals surface area (Å²) < 4.78 is 13.2. The number of benzene rings is 1. The van der Waals surface area contributed by atoms with E-state index in [1.807, 2.05) is 6.92 Å². The predicted molar refractivity (Wildman–Crippen MR) is 80.4 cm³/mol. The van der Waals surface area contributed by atoms with Crippen LogP contribution in [-0.2, 0) is 0 Å². The minimum Gasteiger partial charge on any atom is -0.396 e. The van der Waals surface area contributed by atoms with E-state index in [9.17, 15) is 9.50 Å². The molecular weight excluding hydrogens is 277 g/mol. The van der Waals surface area contributed by atoms with Gasteiger partial charge in [0.15, 0.2) is 0 Å². The highest BCUT2D eigenvalue weighted by molar-refractivity contribution is 6.30. The molecule has 1 fully saturated rings. The van der Waals surface area contributed by atoms with E-state index in [4.69, 9.17) is 11.6 Å². The molecule has 0 spiro atoms. The molecule has 2 rings (SSSR count). The maximum absolute atomic E-state index is 13.2. The Morgan fingerprint density at radius 1 is 1.35 bits per heavy atom. The number of aliphatic hydroxyl groups excluding tert-OH is 1. The third kappa shape index (κ3) is 3.72. The van der Waals surface area contributed by atoms with Gasteiger partial charge in [-0.25, -0.2) is 4.39 Å². The summed E-state index contributed by atoms with van der Waals surface area (Å²) in [5.41, 5.74) is 0.983. The Morgan fingerprint density at radius 3 is 2.65 bits per heavy atom. The van der Waals surface area contributed by atoms with Crippen LogP contribution < -0.4 is 5.32 Å². The average Bonchev–Trinajstić information content (AvgIpc) is 2.48. The van der Waals surface area contributed by atoms with Gasteiger partial charge in [0.2, 0.25) is 0 Å². The summed E-state index contributed by atoms with van der Waals surface area (Å²) >= 11 is 5.82. The van der Waals surface area contributed by atoms with Crippen molar-refractivity contribution in [2.24, 2.45) is 5.41 Å². The summed E-state index contributed by atoms with van der Waals surface area (Å²) in [7, 11) is 0. The third-order valence-electron chi connectivity index (χ3n) is 4.48. The Balaban J connectivity index is 1.96. The summed E-state index contributed by atoms with van der Waals surface area (Å²) in [6, 6.07) is 4.92. The van der Waals surface area contributed by atoms with Crippen LogP contribution in [0.3, 0.4) is 0 Å². The Bertz CT molecular complexity index is 446. The van der Waals surface area contributed by atoms with E-state index < -0.39 is 0 Å². The van der Waals surface area contributed by atoms with Crippen molar-refractivity contribution in [3.8, 4) is 0 Å². The maximum Gasteiger partial charge on any atom is 0.141 e. The molecule has 0 bridgehead atoms. The summed E-state index contributed by atoms with van der Waals surface area (Å²) in [4.78, 5) is 0. The van der Waals surface area contributed by atoms with Gasteiger partial charge in [0.05, 0.1) is 5.02 Å². The second-order valence-corrected chi connectivity index (χ2v) is 6.40. The smallest absolute Gasteiger partial charge is 0.141 e. The van der Waals surface area contributed by atoms with Gasteiger partial charge in [0.1, 0.15) is 5.82 Å². The third-order valence-corrected chi connectivity index (χ3v) is 4.77. The van der Waals surface area contributed by atoms with Gasteiger partial charge in [-0.2, -0.15) is 0 Å². The molecule has 1 aliphatic carbocycles. The molecule has 2 nitrogen and oxygen atoms in total. The molecule has 0 aromatic heterocycles. The van der Waals surface area contributed by atoms with Gasteiger partial charge >= 0.3 is 0 Å². The molecule has 1 unspecified atom stereocenters. The van der Waals surface area contributed by atoms with E-state index in [1.54, 1.807) is 12.1 Å². The standard InChI is InChI=1S/C16H23ClFNO/c1-12(13-5-6-15(18)14(17)9-13)19-10-16(11-20)7-3-2-4-8-16/h5-6,9,12,19-20H,2-4,7-8,10-11H2,1H3. The molecule has 4 heteroatoms. The number of rotatable bonds is 5. The molecule has 1 aliphatic rings. The lowest BCUT2D eigenvalue weighted by Gasteiger charge is -2.36. The number of hydrogen-bond donors (Lipinski definition) is 2. The Hall–Kier alpha value is -0.640. The first-order valence-corrected chi connectivity index (χ1v) is 7.73. The molecule has 0 aliphatic heterocycles. The minimum atomic E-state index is -0.387. The molecule has 0 saturated heterocycles. The summed E-state index contributed by atoms with van der Waals surface area (Å²) in [5.74, 6) is -0.387. The van der Waals surface area contributed by atoms with Gasteiger partial charge in [-0.05, 0) is 37.5 Å². The van der Waals surface area contributed by atoms with Crippen LogP contribution in [0.2, 0.25) is 5.02 Å². The molecule has 1 atom stereocenters. The molecule has 0 amide bonds. The Kier molecular flexibility index (Phi) is 5.42. The van der Waals surface area contributed by atoms with Crippen LogP contribution >= 0.6 is 11.6 Å². The van der Waals surface area contributed by atoms with Gasteiger partial charge in [-0.1, -0.05) is 36.9 Å². The van der Waals surface area contributed by atoms with Crippen LogP contribution in [0.5, 0.6) is 0 Å². The number of hydrogen-bond acceptors (Lipinski definition) is 2. The first-order chi connectivity index (χ1) is 9.56.